The summed E-state index contributed by atoms with van der Waals surface area (Å²) in [6.07, 6.45) is 5.58. The first-order valence-corrected chi connectivity index (χ1v) is 24.8. The Morgan fingerprint density at radius 2 is 1.45 bits per heavy atom. The molecule has 8 amide bonds. The van der Waals surface area contributed by atoms with Crippen molar-refractivity contribution in [3.8, 4) is 0 Å². The Morgan fingerprint density at radius 3 is 2.04 bits per heavy atom. The second kappa shape index (κ2) is 33.8. The smallest absolute Gasteiger partial charge is 0.352 e. The summed E-state index contributed by atoms with van der Waals surface area (Å²) in [6.45, 7) is 3.11. The van der Waals surface area contributed by atoms with Crippen molar-refractivity contribution >= 4 is 59.2 Å². The molecule has 0 aromatic carbocycles. The second-order valence-electron chi connectivity index (χ2n) is 18.1. The van der Waals surface area contributed by atoms with E-state index in [0.717, 1.165) is 0 Å². The molecule has 2 rings (SSSR count). The van der Waals surface area contributed by atoms with Gasteiger partial charge in [0.05, 0.1) is 25.0 Å². The van der Waals surface area contributed by atoms with Crippen molar-refractivity contribution in [1.29, 1.82) is 0 Å². The average molecular weight is 1050 g/mol. The van der Waals surface area contributed by atoms with E-state index in [1.165, 1.54) is 23.5 Å². The molecule has 1 fully saturated rings. The molecular weight excluding hydrogens is 969 g/mol. The van der Waals surface area contributed by atoms with Crippen molar-refractivity contribution in [3.05, 3.63) is 30.0 Å². The van der Waals surface area contributed by atoms with Crippen LogP contribution in [0.3, 0.4) is 0 Å². The minimum Gasteiger partial charge on any atom is -0.477 e. The number of hydrogen-bond donors (Lipinski definition) is 17. The van der Waals surface area contributed by atoms with Crippen LogP contribution in [0.4, 0.5) is 0 Å². The number of aliphatic hydroxyl groups is 1. The predicted octanol–water partition coefficient (Wildman–Crippen LogP) is -6.47. The number of aliphatic hydroxyl groups excluding tert-OH is 1. The summed E-state index contributed by atoms with van der Waals surface area (Å²) in [5, 5.41) is 38.0. The van der Waals surface area contributed by atoms with Crippen LogP contribution in [0, 0.1) is 5.92 Å². The van der Waals surface area contributed by atoms with Gasteiger partial charge in [-0.2, -0.15) is 0 Å². The van der Waals surface area contributed by atoms with Crippen LogP contribution >= 0.6 is 0 Å². The van der Waals surface area contributed by atoms with Crippen LogP contribution in [-0.4, -0.2) is 178 Å². The molecule has 0 unspecified atom stereocenters. The number of amides is 8. The van der Waals surface area contributed by atoms with E-state index in [1.54, 1.807) is 13.8 Å². The van der Waals surface area contributed by atoms with Crippen LogP contribution in [0.5, 0.6) is 0 Å². The highest BCUT2D eigenvalue weighted by atomic mass is 16.4. The van der Waals surface area contributed by atoms with Gasteiger partial charge < -0.3 is 97.5 Å². The third-order valence-corrected chi connectivity index (χ3v) is 11.8. The minimum absolute atomic E-state index is 0.0420. The maximum Gasteiger partial charge on any atom is 0.352 e. The van der Waals surface area contributed by atoms with Crippen molar-refractivity contribution in [2.75, 3.05) is 45.8 Å². The van der Waals surface area contributed by atoms with Crippen molar-refractivity contribution in [1.82, 2.24) is 52.1 Å². The summed E-state index contributed by atoms with van der Waals surface area (Å²) in [4.78, 5) is 133. The second-order valence-corrected chi connectivity index (χ2v) is 18.1. The molecule has 1 aliphatic rings. The molecule has 0 spiro atoms. The SMILES string of the molecule is CC(C)[C@H](NC(=O)[C@@H](NC(=O)[C@@H](N)CCCCN)[C@@H](O)CN)C(=O)NCC(=O)N[C@H](CCCN)C(=O)N1CCC[C@H]1C(=O)N[C@@H](Cc1cnc[nH]1)C(=O)N[C@@H](CCCCN)C(=O)N/C(=C\CCN=C(N)N)C(=O)O. The molecule has 416 valence electrons. The van der Waals surface area contributed by atoms with E-state index >= 15 is 0 Å². The highest BCUT2D eigenvalue weighted by molar-refractivity contribution is 5.99. The number of guanidine groups is 1. The number of unbranched alkanes of at least 4 members (excludes halogenated alkanes) is 2. The van der Waals surface area contributed by atoms with Crippen LogP contribution in [0.2, 0.25) is 0 Å². The van der Waals surface area contributed by atoms with E-state index in [4.69, 9.17) is 40.1 Å². The number of aromatic nitrogens is 2. The van der Waals surface area contributed by atoms with Gasteiger partial charge in [-0.3, -0.25) is 43.3 Å². The normalized spacial score (nSPS) is 16.3. The van der Waals surface area contributed by atoms with Gasteiger partial charge in [-0.05, 0) is 89.8 Å². The number of hydrogen-bond acceptors (Lipinski definition) is 17. The van der Waals surface area contributed by atoms with Crippen LogP contribution in [-0.2, 0) is 49.6 Å². The number of aliphatic carboxylic acids is 1. The fourth-order valence-corrected chi connectivity index (χ4v) is 7.70. The number of likely N-dealkylation sites (tertiary alicyclic amines) is 1. The number of aromatic amines is 1. The first-order chi connectivity index (χ1) is 35.2. The number of carboxylic acids is 1. The topological polar surface area (TPSA) is 505 Å². The predicted molar refractivity (Wildman–Crippen MR) is 271 cm³/mol. The van der Waals surface area contributed by atoms with Crippen molar-refractivity contribution < 1.29 is 53.4 Å². The number of carbonyl (C=O) groups excluding carboxylic acids is 8. The van der Waals surface area contributed by atoms with Gasteiger partial charge in [0, 0.05) is 37.9 Å². The summed E-state index contributed by atoms with van der Waals surface area (Å²) < 4.78 is 0. The zero-order valence-corrected chi connectivity index (χ0v) is 42.3. The largest absolute Gasteiger partial charge is 0.477 e. The number of carbonyl (C=O) groups is 9. The van der Waals surface area contributed by atoms with E-state index in [9.17, 15) is 53.4 Å². The van der Waals surface area contributed by atoms with Crippen LogP contribution < -0.4 is 77.4 Å². The number of nitrogens with two attached hydrogens (primary N) is 7. The zero-order chi connectivity index (χ0) is 55.3. The fourth-order valence-electron chi connectivity index (χ4n) is 7.70. The molecular formula is C45H80N18O11. The standard InChI is InChI=1S/C45H80N18O11/c1-25(2)35(61-42(71)36(33(64)21-49)62-37(66)27(50)10-3-5-15-46)41(70)55-23-34(65)57-29(12-7-17-48)43(72)63-19-9-14-32(63)40(69)60-31(20-26-22-53-24-56-26)39(68)58-28(11-4-6-16-47)38(67)59-30(44(73)74)13-8-18-54-45(51)52/h13,22,24-25,27-29,31-33,35-36,64H,3-12,14-21,23,46-50H2,1-2H3,(H,53,56)(H,55,70)(H,57,65)(H,58,68)(H,59,67)(H,60,69)(H,61,71)(H,62,66)(H,73,74)(H4,51,52,54)/b30-13-/t27-,28-,29+,31-,32-,33-,35-,36-/m0/s1. The highest BCUT2D eigenvalue weighted by Gasteiger charge is 2.40. The number of rotatable bonds is 35. The average Bonchev–Trinajstić information content (AvgIpc) is 4.08. The molecule has 2 heterocycles. The van der Waals surface area contributed by atoms with Gasteiger partial charge in [-0.15, -0.1) is 0 Å². The fraction of sp³-hybridized carbons (Fsp3) is 0.667. The van der Waals surface area contributed by atoms with Gasteiger partial charge in [0.15, 0.2) is 5.96 Å². The van der Waals surface area contributed by atoms with E-state index in [2.05, 4.69) is 52.2 Å². The first-order valence-electron chi connectivity index (χ1n) is 24.8. The molecule has 1 aliphatic heterocycles. The Hall–Kier alpha value is -6.79. The maximum atomic E-state index is 14.2. The molecule has 0 radical (unpaired) electrons. The summed E-state index contributed by atoms with van der Waals surface area (Å²) in [7, 11) is 0. The van der Waals surface area contributed by atoms with E-state index < -0.39 is 126 Å². The Bertz CT molecular complexity index is 2050. The summed E-state index contributed by atoms with van der Waals surface area (Å²) in [5.41, 5.74) is 39.2. The summed E-state index contributed by atoms with van der Waals surface area (Å²) in [6, 6.07) is -8.81. The van der Waals surface area contributed by atoms with Crippen LogP contribution in [0.1, 0.15) is 90.2 Å². The van der Waals surface area contributed by atoms with Gasteiger partial charge in [-0.25, -0.2) is 9.78 Å². The molecule has 29 heteroatoms. The molecule has 24 N–H and O–H groups in total. The molecule has 0 aliphatic carbocycles. The molecule has 1 saturated heterocycles. The van der Waals surface area contributed by atoms with Crippen molar-refractivity contribution in [3.63, 3.8) is 0 Å². The van der Waals surface area contributed by atoms with Gasteiger partial charge in [0.2, 0.25) is 47.3 Å². The van der Waals surface area contributed by atoms with Crippen LogP contribution in [0.25, 0.3) is 0 Å². The Kier molecular flexibility index (Phi) is 29.0. The third kappa shape index (κ3) is 22.1. The lowest BCUT2D eigenvalue weighted by molar-refractivity contribution is -0.142. The van der Waals surface area contributed by atoms with Crippen LogP contribution in [0.15, 0.2) is 29.3 Å². The van der Waals surface area contributed by atoms with Gasteiger partial charge in [0.1, 0.15) is 41.9 Å². The molecule has 0 saturated carbocycles. The summed E-state index contributed by atoms with van der Waals surface area (Å²) in [5.74, 6) is -8.51. The Morgan fingerprint density at radius 1 is 0.797 bits per heavy atom. The maximum absolute atomic E-state index is 14.2. The molecule has 1 aromatic heterocycles. The van der Waals surface area contributed by atoms with E-state index in [0.29, 0.717) is 44.3 Å². The number of nitrogens with one attached hydrogen (secondary N) is 8. The lowest BCUT2D eigenvalue weighted by Crippen LogP contribution is -2.61. The molecule has 8 atom stereocenters. The molecule has 0 bridgehead atoms. The van der Waals surface area contributed by atoms with Crippen molar-refractivity contribution in [2.24, 2.45) is 51.0 Å². The quantitative estimate of drug-likeness (QED) is 0.0130. The van der Waals surface area contributed by atoms with E-state index in [-0.39, 0.29) is 77.1 Å². The molecule has 29 nitrogen and oxygen atoms in total. The van der Waals surface area contributed by atoms with E-state index in [1.807, 2.05) is 0 Å². The first kappa shape index (κ1) is 63.3. The number of aliphatic imine (C=N–C) groups is 1. The highest BCUT2D eigenvalue weighted by Crippen LogP contribution is 2.20. The van der Waals surface area contributed by atoms with Crippen molar-refractivity contribution in [2.45, 2.75) is 139 Å². The van der Waals surface area contributed by atoms with Gasteiger partial charge >= 0.3 is 5.97 Å². The minimum atomic E-state index is -1.57. The number of carboxylic acid groups (broad SMARTS) is 1. The molecule has 1 aromatic rings. The number of H-pyrrole nitrogens is 1. The number of imidazole rings is 1. The van der Waals surface area contributed by atoms with Gasteiger partial charge in [0.25, 0.3) is 0 Å². The number of nitrogens with zero attached hydrogens (tertiary/aromatic N) is 3. The Labute approximate surface area is 429 Å². The monoisotopic (exact) mass is 1050 g/mol. The molecule has 74 heavy (non-hydrogen) atoms. The summed E-state index contributed by atoms with van der Waals surface area (Å²) >= 11 is 0. The lowest BCUT2D eigenvalue weighted by atomic mass is 10.0. The zero-order valence-electron chi connectivity index (χ0n) is 42.3. The Balaban J connectivity index is 2.25. The van der Waals surface area contributed by atoms with Gasteiger partial charge in [-0.1, -0.05) is 26.3 Å². The third-order valence-electron chi connectivity index (χ3n) is 11.8. The lowest BCUT2D eigenvalue weighted by Gasteiger charge is -2.30.